The van der Waals surface area contributed by atoms with Gasteiger partial charge in [-0.05, 0) is 55.5 Å². The molecule has 3 aromatic rings. The van der Waals surface area contributed by atoms with Crippen LogP contribution in [0.25, 0.3) is 0 Å². The largest absolute Gasteiger partial charge is 0.495 e. The Balaban J connectivity index is 1.83. The zero-order valence-electron chi connectivity index (χ0n) is 15.8. The highest BCUT2D eigenvalue weighted by molar-refractivity contribution is 7.92. The molecule has 0 unspecified atom stereocenters. The third-order valence-corrected chi connectivity index (χ3v) is 5.52. The number of nitrogens with one attached hydrogen (secondary N) is 2. The van der Waals surface area contributed by atoms with Gasteiger partial charge in [0.05, 0.1) is 17.7 Å². The monoisotopic (exact) mass is 414 g/mol. The number of benzene rings is 3. The molecule has 6 nitrogen and oxygen atoms in total. The highest BCUT2D eigenvalue weighted by Gasteiger charge is 2.18. The van der Waals surface area contributed by atoms with Crippen LogP contribution in [0.1, 0.15) is 15.9 Å². The number of anilines is 2. The SMILES string of the molecule is COc1cc(S(=O)(=O)Nc2ccc(C)cc2)ccc1NC(=O)c1ccc(F)cc1. The maximum Gasteiger partial charge on any atom is 0.262 e. The molecule has 29 heavy (non-hydrogen) atoms. The highest BCUT2D eigenvalue weighted by atomic mass is 32.2. The molecular formula is C21H19FN2O4S. The molecule has 0 aliphatic rings. The number of carbonyl (C=O) groups is 1. The van der Waals surface area contributed by atoms with E-state index in [1.807, 2.05) is 6.92 Å². The maximum absolute atomic E-state index is 13.0. The highest BCUT2D eigenvalue weighted by Crippen LogP contribution is 2.29. The second kappa shape index (κ2) is 8.32. The lowest BCUT2D eigenvalue weighted by Gasteiger charge is -2.13. The quantitative estimate of drug-likeness (QED) is 0.633. The van der Waals surface area contributed by atoms with Gasteiger partial charge in [0.1, 0.15) is 11.6 Å². The van der Waals surface area contributed by atoms with Gasteiger partial charge < -0.3 is 10.1 Å². The van der Waals surface area contributed by atoms with Crippen LogP contribution in [0, 0.1) is 12.7 Å². The summed E-state index contributed by atoms with van der Waals surface area (Å²) < 4.78 is 46.1. The summed E-state index contributed by atoms with van der Waals surface area (Å²) in [4.78, 5) is 12.3. The second-order valence-corrected chi connectivity index (χ2v) is 7.98. The first kappa shape index (κ1) is 20.3. The van der Waals surface area contributed by atoms with Crippen molar-refractivity contribution in [2.45, 2.75) is 11.8 Å². The molecule has 3 rings (SSSR count). The number of methoxy groups -OCH3 is 1. The minimum atomic E-state index is -3.85. The Morgan fingerprint density at radius 3 is 2.24 bits per heavy atom. The fourth-order valence-electron chi connectivity index (χ4n) is 2.57. The number of rotatable bonds is 6. The first-order valence-electron chi connectivity index (χ1n) is 8.63. The third kappa shape index (κ3) is 4.91. The van der Waals surface area contributed by atoms with Gasteiger partial charge in [0.2, 0.25) is 0 Å². The van der Waals surface area contributed by atoms with Crippen molar-refractivity contribution in [2.75, 3.05) is 17.1 Å². The summed E-state index contributed by atoms with van der Waals surface area (Å²) in [5, 5.41) is 2.63. The summed E-state index contributed by atoms with van der Waals surface area (Å²) in [7, 11) is -2.48. The van der Waals surface area contributed by atoms with E-state index in [0.29, 0.717) is 5.69 Å². The molecule has 0 heterocycles. The van der Waals surface area contributed by atoms with Gasteiger partial charge in [-0.15, -0.1) is 0 Å². The molecule has 0 fully saturated rings. The number of carbonyl (C=O) groups excluding carboxylic acids is 1. The molecule has 0 aliphatic heterocycles. The number of hydrogen-bond acceptors (Lipinski definition) is 4. The molecule has 0 spiro atoms. The number of ether oxygens (including phenoxy) is 1. The van der Waals surface area contributed by atoms with Crippen molar-refractivity contribution in [3.63, 3.8) is 0 Å². The van der Waals surface area contributed by atoms with Crippen LogP contribution in [0.4, 0.5) is 15.8 Å². The number of halogens is 1. The van der Waals surface area contributed by atoms with Gasteiger partial charge in [0.25, 0.3) is 15.9 Å². The van der Waals surface area contributed by atoms with Crippen LogP contribution in [0.5, 0.6) is 5.75 Å². The van der Waals surface area contributed by atoms with Crippen LogP contribution < -0.4 is 14.8 Å². The van der Waals surface area contributed by atoms with E-state index in [4.69, 9.17) is 4.74 Å². The van der Waals surface area contributed by atoms with E-state index >= 15 is 0 Å². The Labute approximate surface area is 168 Å². The van der Waals surface area contributed by atoms with Gasteiger partial charge in [-0.3, -0.25) is 9.52 Å². The Kier molecular flexibility index (Phi) is 5.84. The summed E-state index contributed by atoms with van der Waals surface area (Å²) in [6.07, 6.45) is 0. The minimum absolute atomic E-state index is 0.0188. The normalized spacial score (nSPS) is 11.0. The van der Waals surface area contributed by atoms with E-state index in [1.54, 1.807) is 24.3 Å². The molecule has 0 bridgehead atoms. The van der Waals surface area contributed by atoms with Crippen LogP contribution in [0.2, 0.25) is 0 Å². The van der Waals surface area contributed by atoms with Crippen LogP contribution >= 0.6 is 0 Å². The van der Waals surface area contributed by atoms with E-state index in [0.717, 1.165) is 5.56 Å². The predicted molar refractivity (Wildman–Crippen MR) is 109 cm³/mol. The van der Waals surface area contributed by atoms with Crippen molar-refractivity contribution >= 4 is 27.3 Å². The predicted octanol–water partition coefficient (Wildman–Crippen LogP) is 4.20. The van der Waals surface area contributed by atoms with E-state index in [2.05, 4.69) is 10.0 Å². The molecule has 8 heteroatoms. The zero-order valence-corrected chi connectivity index (χ0v) is 16.6. The fraction of sp³-hybridized carbons (Fsp3) is 0.0952. The molecule has 3 aromatic carbocycles. The molecular weight excluding hydrogens is 395 g/mol. The van der Waals surface area contributed by atoms with E-state index in [9.17, 15) is 17.6 Å². The van der Waals surface area contributed by atoms with Crippen LogP contribution in [-0.4, -0.2) is 21.4 Å². The van der Waals surface area contributed by atoms with Crippen molar-refractivity contribution in [2.24, 2.45) is 0 Å². The van der Waals surface area contributed by atoms with E-state index < -0.39 is 21.7 Å². The van der Waals surface area contributed by atoms with E-state index in [1.165, 1.54) is 49.6 Å². The Morgan fingerprint density at radius 1 is 0.966 bits per heavy atom. The molecule has 0 atom stereocenters. The maximum atomic E-state index is 13.0. The van der Waals surface area contributed by atoms with E-state index in [-0.39, 0.29) is 21.9 Å². The van der Waals surface area contributed by atoms with Gasteiger partial charge in [-0.1, -0.05) is 17.7 Å². The van der Waals surface area contributed by atoms with Gasteiger partial charge in [-0.25, -0.2) is 12.8 Å². The minimum Gasteiger partial charge on any atom is -0.495 e. The van der Waals surface area contributed by atoms with Crippen molar-refractivity contribution in [1.82, 2.24) is 0 Å². The van der Waals surface area contributed by atoms with Crippen LogP contribution in [-0.2, 0) is 10.0 Å². The molecule has 0 saturated carbocycles. The molecule has 0 radical (unpaired) electrons. The van der Waals surface area contributed by atoms with Gasteiger partial charge >= 0.3 is 0 Å². The number of hydrogen-bond donors (Lipinski definition) is 2. The Morgan fingerprint density at radius 2 is 1.62 bits per heavy atom. The van der Waals surface area contributed by atoms with Gasteiger partial charge in [-0.2, -0.15) is 0 Å². The average Bonchev–Trinajstić information content (AvgIpc) is 2.70. The lowest BCUT2D eigenvalue weighted by Crippen LogP contribution is -2.15. The van der Waals surface area contributed by atoms with Gasteiger partial charge in [0.15, 0.2) is 0 Å². The molecule has 150 valence electrons. The first-order valence-corrected chi connectivity index (χ1v) is 10.1. The Bertz CT molecular complexity index is 1130. The lowest BCUT2D eigenvalue weighted by atomic mass is 10.2. The summed E-state index contributed by atoms with van der Waals surface area (Å²) in [6, 6.07) is 16.1. The number of amides is 1. The van der Waals surface area contributed by atoms with Gasteiger partial charge in [0, 0.05) is 17.3 Å². The zero-order chi connectivity index (χ0) is 21.0. The van der Waals surface area contributed by atoms with Crippen LogP contribution in [0.15, 0.2) is 71.6 Å². The van der Waals surface area contributed by atoms with Crippen molar-refractivity contribution in [3.05, 3.63) is 83.7 Å². The molecule has 0 aliphatic carbocycles. The second-order valence-electron chi connectivity index (χ2n) is 6.29. The molecule has 0 saturated heterocycles. The molecule has 2 N–H and O–H groups in total. The van der Waals surface area contributed by atoms with Crippen LogP contribution in [0.3, 0.4) is 0 Å². The lowest BCUT2D eigenvalue weighted by molar-refractivity contribution is 0.102. The van der Waals surface area contributed by atoms with Crippen molar-refractivity contribution < 1.29 is 22.3 Å². The third-order valence-electron chi connectivity index (χ3n) is 4.14. The van der Waals surface area contributed by atoms with Crippen molar-refractivity contribution in [1.29, 1.82) is 0 Å². The summed E-state index contributed by atoms with van der Waals surface area (Å²) in [6.45, 7) is 1.90. The van der Waals surface area contributed by atoms with Crippen molar-refractivity contribution in [3.8, 4) is 5.75 Å². The number of aryl methyl sites for hydroxylation is 1. The molecule has 1 amide bonds. The molecule has 0 aromatic heterocycles. The Hall–Kier alpha value is -3.39. The summed E-state index contributed by atoms with van der Waals surface area (Å²) in [5.41, 5.74) is 1.99. The topological polar surface area (TPSA) is 84.5 Å². The summed E-state index contributed by atoms with van der Waals surface area (Å²) >= 11 is 0. The number of sulfonamides is 1. The standard InChI is InChI=1S/C21H19FN2O4S/c1-14-3-9-17(10-4-14)24-29(26,27)18-11-12-19(20(13-18)28-2)23-21(25)15-5-7-16(22)8-6-15/h3-13,24H,1-2H3,(H,23,25). The first-order chi connectivity index (χ1) is 13.8. The smallest absolute Gasteiger partial charge is 0.262 e. The fourth-order valence-corrected chi connectivity index (χ4v) is 3.65. The summed E-state index contributed by atoms with van der Waals surface area (Å²) in [5.74, 6) is -0.751. The average molecular weight is 414 g/mol.